The van der Waals surface area contributed by atoms with Crippen molar-refractivity contribution in [2.24, 2.45) is 0 Å². The first kappa shape index (κ1) is 17.5. The van der Waals surface area contributed by atoms with E-state index in [-0.39, 0.29) is 11.9 Å². The van der Waals surface area contributed by atoms with E-state index < -0.39 is 0 Å². The van der Waals surface area contributed by atoms with Gasteiger partial charge in [-0.1, -0.05) is 13.0 Å². The molecule has 1 aromatic heterocycles. The molecule has 0 bridgehead atoms. The molecular weight excluding hydrogens is 308 g/mol. The van der Waals surface area contributed by atoms with E-state index in [1.165, 1.54) is 22.5 Å². The Labute approximate surface area is 141 Å². The van der Waals surface area contributed by atoms with Crippen molar-refractivity contribution in [2.75, 3.05) is 0 Å². The standard InChI is InChI=1S/C18H24N2O2S/c1-6-13(4)19-18(21)15-10-23-17(20-15)9-22-16-8-11(2)7-12(3)14(16)5/h7-8,10,13H,6,9H2,1-5H3,(H,19,21). The summed E-state index contributed by atoms with van der Waals surface area (Å²) < 4.78 is 5.90. The summed E-state index contributed by atoms with van der Waals surface area (Å²) in [7, 11) is 0. The molecule has 4 nitrogen and oxygen atoms in total. The van der Waals surface area contributed by atoms with Gasteiger partial charge in [-0.15, -0.1) is 11.3 Å². The quantitative estimate of drug-likeness (QED) is 0.863. The largest absolute Gasteiger partial charge is 0.486 e. The van der Waals surface area contributed by atoms with Crippen molar-refractivity contribution in [3.8, 4) is 5.75 Å². The first-order chi connectivity index (χ1) is 10.9. The van der Waals surface area contributed by atoms with E-state index in [4.69, 9.17) is 4.74 Å². The maximum atomic E-state index is 12.0. The van der Waals surface area contributed by atoms with E-state index >= 15 is 0 Å². The Morgan fingerprint density at radius 1 is 1.35 bits per heavy atom. The molecule has 124 valence electrons. The zero-order chi connectivity index (χ0) is 17.0. The smallest absolute Gasteiger partial charge is 0.270 e. The van der Waals surface area contributed by atoms with Crippen LogP contribution in [0.15, 0.2) is 17.5 Å². The second kappa shape index (κ2) is 7.59. The van der Waals surface area contributed by atoms with Crippen molar-refractivity contribution >= 4 is 17.2 Å². The minimum absolute atomic E-state index is 0.121. The molecule has 2 aromatic rings. The molecule has 1 heterocycles. The summed E-state index contributed by atoms with van der Waals surface area (Å²) in [4.78, 5) is 16.4. The van der Waals surface area contributed by atoms with Gasteiger partial charge in [-0.05, 0) is 56.9 Å². The Balaban J connectivity index is 2.01. The third kappa shape index (κ3) is 4.55. The number of nitrogens with one attached hydrogen (secondary N) is 1. The molecule has 2 rings (SSSR count). The number of carbonyl (C=O) groups excluding carboxylic acids is 1. The summed E-state index contributed by atoms with van der Waals surface area (Å²) in [6.45, 7) is 10.6. The molecule has 0 aliphatic carbocycles. The lowest BCUT2D eigenvalue weighted by molar-refractivity contribution is 0.0934. The maximum Gasteiger partial charge on any atom is 0.270 e. The Kier molecular flexibility index (Phi) is 5.77. The van der Waals surface area contributed by atoms with Crippen LogP contribution in [0.4, 0.5) is 0 Å². The number of rotatable bonds is 6. The van der Waals surface area contributed by atoms with Crippen molar-refractivity contribution in [3.05, 3.63) is 44.9 Å². The minimum atomic E-state index is -0.121. The number of aromatic nitrogens is 1. The van der Waals surface area contributed by atoms with E-state index in [1.54, 1.807) is 5.38 Å². The van der Waals surface area contributed by atoms with Gasteiger partial charge in [0.15, 0.2) is 0 Å². The molecule has 0 spiro atoms. The first-order valence-electron chi connectivity index (χ1n) is 7.86. The van der Waals surface area contributed by atoms with Crippen LogP contribution in [0.5, 0.6) is 5.75 Å². The van der Waals surface area contributed by atoms with Crippen LogP contribution in [-0.4, -0.2) is 16.9 Å². The van der Waals surface area contributed by atoms with Gasteiger partial charge >= 0.3 is 0 Å². The van der Waals surface area contributed by atoms with E-state index in [2.05, 4.69) is 37.1 Å². The average Bonchev–Trinajstić information content (AvgIpc) is 2.98. The number of carbonyl (C=O) groups is 1. The second-order valence-electron chi connectivity index (χ2n) is 5.90. The first-order valence-corrected chi connectivity index (χ1v) is 8.74. The fourth-order valence-corrected chi connectivity index (χ4v) is 2.86. The topological polar surface area (TPSA) is 51.2 Å². The maximum absolute atomic E-state index is 12.0. The molecule has 1 N–H and O–H groups in total. The number of ether oxygens (including phenoxy) is 1. The highest BCUT2D eigenvalue weighted by molar-refractivity contribution is 7.09. The van der Waals surface area contributed by atoms with Gasteiger partial charge in [0.2, 0.25) is 0 Å². The van der Waals surface area contributed by atoms with Gasteiger partial charge in [0, 0.05) is 11.4 Å². The lowest BCUT2D eigenvalue weighted by Crippen LogP contribution is -2.32. The van der Waals surface area contributed by atoms with Gasteiger partial charge in [-0.2, -0.15) is 0 Å². The van der Waals surface area contributed by atoms with Crippen LogP contribution >= 0.6 is 11.3 Å². The number of amides is 1. The Morgan fingerprint density at radius 3 is 2.78 bits per heavy atom. The Morgan fingerprint density at radius 2 is 2.09 bits per heavy atom. The predicted octanol–water partition coefficient (Wildman–Crippen LogP) is 4.18. The fourth-order valence-electron chi connectivity index (χ4n) is 2.17. The molecule has 1 unspecified atom stereocenters. The second-order valence-corrected chi connectivity index (χ2v) is 6.85. The number of nitrogens with zero attached hydrogens (tertiary/aromatic N) is 1. The molecule has 0 radical (unpaired) electrons. The van der Waals surface area contributed by atoms with E-state index in [0.717, 1.165) is 22.7 Å². The van der Waals surface area contributed by atoms with E-state index in [1.807, 2.05) is 19.9 Å². The van der Waals surface area contributed by atoms with Crippen LogP contribution in [0.2, 0.25) is 0 Å². The molecule has 1 amide bonds. The van der Waals surface area contributed by atoms with Gasteiger partial charge < -0.3 is 10.1 Å². The highest BCUT2D eigenvalue weighted by Crippen LogP contribution is 2.24. The highest BCUT2D eigenvalue weighted by Gasteiger charge is 2.13. The summed E-state index contributed by atoms with van der Waals surface area (Å²) in [5.74, 6) is 0.757. The third-order valence-corrected chi connectivity index (χ3v) is 4.71. The van der Waals surface area contributed by atoms with Gasteiger partial charge in [0.05, 0.1) is 0 Å². The van der Waals surface area contributed by atoms with Crippen LogP contribution in [-0.2, 0) is 6.61 Å². The molecule has 0 saturated carbocycles. The molecule has 0 aliphatic rings. The fraction of sp³-hybridized carbons (Fsp3) is 0.444. The van der Waals surface area contributed by atoms with Crippen LogP contribution in [0.3, 0.4) is 0 Å². The molecular formula is C18H24N2O2S. The molecule has 0 aliphatic heterocycles. The zero-order valence-electron chi connectivity index (χ0n) is 14.4. The Hall–Kier alpha value is -1.88. The number of hydrogen-bond acceptors (Lipinski definition) is 4. The van der Waals surface area contributed by atoms with Crippen molar-refractivity contribution in [1.29, 1.82) is 0 Å². The van der Waals surface area contributed by atoms with E-state index in [9.17, 15) is 4.79 Å². The molecule has 0 fully saturated rings. The van der Waals surface area contributed by atoms with Crippen LogP contribution < -0.4 is 10.1 Å². The molecule has 0 saturated heterocycles. The summed E-state index contributed by atoms with van der Waals surface area (Å²) >= 11 is 1.45. The van der Waals surface area contributed by atoms with Gasteiger partial charge in [-0.3, -0.25) is 4.79 Å². The zero-order valence-corrected chi connectivity index (χ0v) is 15.2. The van der Waals surface area contributed by atoms with Crippen LogP contribution in [0, 0.1) is 20.8 Å². The number of aryl methyl sites for hydroxylation is 2. The monoisotopic (exact) mass is 332 g/mol. The molecule has 1 atom stereocenters. The lowest BCUT2D eigenvalue weighted by Gasteiger charge is -2.11. The molecule has 23 heavy (non-hydrogen) atoms. The van der Waals surface area contributed by atoms with Crippen molar-refractivity contribution < 1.29 is 9.53 Å². The van der Waals surface area contributed by atoms with Crippen LogP contribution in [0.1, 0.15) is 52.5 Å². The molecule has 5 heteroatoms. The summed E-state index contributed by atoms with van der Waals surface area (Å²) in [5.41, 5.74) is 4.00. The van der Waals surface area contributed by atoms with Gasteiger partial charge in [0.25, 0.3) is 5.91 Å². The SMILES string of the molecule is CCC(C)NC(=O)c1csc(COc2cc(C)cc(C)c2C)n1. The van der Waals surface area contributed by atoms with Crippen molar-refractivity contribution in [1.82, 2.24) is 10.3 Å². The summed E-state index contributed by atoms with van der Waals surface area (Å²) in [6.07, 6.45) is 0.901. The summed E-state index contributed by atoms with van der Waals surface area (Å²) in [5, 5.41) is 5.51. The third-order valence-electron chi connectivity index (χ3n) is 3.89. The van der Waals surface area contributed by atoms with Gasteiger partial charge in [0.1, 0.15) is 23.1 Å². The lowest BCUT2D eigenvalue weighted by atomic mass is 10.1. The summed E-state index contributed by atoms with van der Waals surface area (Å²) in [6, 6.07) is 4.33. The number of hydrogen-bond donors (Lipinski definition) is 1. The van der Waals surface area contributed by atoms with E-state index in [0.29, 0.717) is 12.3 Å². The highest BCUT2D eigenvalue weighted by atomic mass is 32.1. The minimum Gasteiger partial charge on any atom is -0.486 e. The number of thiazole rings is 1. The Bertz CT molecular complexity index is 694. The van der Waals surface area contributed by atoms with Crippen LogP contribution in [0.25, 0.3) is 0 Å². The number of benzene rings is 1. The normalized spacial score (nSPS) is 12.0. The average molecular weight is 332 g/mol. The van der Waals surface area contributed by atoms with Crippen molar-refractivity contribution in [3.63, 3.8) is 0 Å². The van der Waals surface area contributed by atoms with Crippen molar-refractivity contribution in [2.45, 2.75) is 53.7 Å². The van der Waals surface area contributed by atoms with Gasteiger partial charge in [-0.25, -0.2) is 4.98 Å². The molecule has 1 aromatic carbocycles. The predicted molar refractivity (Wildman–Crippen MR) is 94.3 cm³/mol.